The number of rotatable bonds is 9. The van der Waals surface area contributed by atoms with Crippen LogP contribution >= 0.6 is 0 Å². The van der Waals surface area contributed by atoms with Gasteiger partial charge in [0.25, 0.3) is 0 Å². The van der Waals surface area contributed by atoms with Gasteiger partial charge in [0.1, 0.15) is 6.54 Å². The van der Waals surface area contributed by atoms with E-state index < -0.39 is 0 Å². The van der Waals surface area contributed by atoms with Crippen molar-refractivity contribution in [2.75, 3.05) is 32.2 Å². The molecule has 29 heavy (non-hydrogen) atoms. The minimum atomic E-state index is -0.189. The van der Waals surface area contributed by atoms with Crippen molar-refractivity contribution in [2.45, 2.75) is 33.6 Å². The number of hydrogen-bond acceptors (Lipinski definition) is 4. The van der Waals surface area contributed by atoms with Crippen LogP contribution in [0, 0.1) is 6.92 Å². The number of nitrogens with one attached hydrogen (secondary N) is 1. The van der Waals surface area contributed by atoms with Gasteiger partial charge in [0.05, 0.1) is 19.9 Å². The Bertz CT molecular complexity index is 864. The Balaban J connectivity index is 2.01. The number of ether oxygens (including phenoxy) is 2. The van der Waals surface area contributed by atoms with Crippen molar-refractivity contribution in [2.24, 2.45) is 0 Å². The zero-order valence-corrected chi connectivity index (χ0v) is 17.9. The molecular formula is C23H30N2O4. The molecule has 0 radical (unpaired) electrons. The van der Waals surface area contributed by atoms with Gasteiger partial charge in [-0.2, -0.15) is 0 Å². The van der Waals surface area contributed by atoms with E-state index in [2.05, 4.69) is 5.32 Å². The summed E-state index contributed by atoms with van der Waals surface area (Å²) in [5.41, 5.74) is 3.90. The first-order valence-electron chi connectivity index (χ1n) is 9.75. The summed E-state index contributed by atoms with van der Waals surface area (Å²) in [7, 11) is 3.19. The van der Waals surface area contributed by atoms with Crippen molar-refractivity contribution in [1.29, 1.82) is 0 Å². The molecule has 0 fully saturated rings. The quantitative estimate of drug-likeness (QED) is 0.704. The van der Waals surface area contributed by atoms with Gasteiger partial charge in [-0.25, -0.2) is 0 Å². The van der Waals surface area contributed by atoms with Crippen LogP contribution in [0.15, 0.2) is 36.4 Å². The molecule has 2 aromatic rings. The minimum absolute atomic E-state index is 0.000873. The van der Waals surface area contributed by atoms with Crippen molar-refractivity contribution in [3.63, 3.8) is 0 Å². The van der Waals surface area contributed by atoms with E-state index in [1.54, 1.807) is 19.1 Å². The van der Waals surface area contributed by atoms with E-state index in [0.29, 0.717) is 24.5 Å². The van der Waals surface area contributed by atoms with Crippen molar-refractivity contribution in [3.8, 4) is 11.5 Å². The topological polar surface area (TPSA) is 67.9 Å². The second-order valence-electron chi connectivity index (χ2n) is 6.83. The number of carbonyl (C=O) groups is 2. The lowest BCUT2D eigenvalue weighted by Gasteiger charge is -2.25. The van der Waals surface area contributed by atoms with Crippen LogP contribution in [-0.4, -0.2) is 39.1 Å². The predicted octanol–water partition coefficient (Wildman–Crippen LogP) is 3.29. The molecule has 0 aliphatic carbocycles. The predicted molar refractivity (Wildman–Crippen MR) is 115 cm³/mol. The first-order chi connectivity index (χ1) is 13.9. The molecule has 0 aromatic heterocycles. The molecule has 2 aromatic carbocycles. The summed E-state index contributed by atoms with van der Waals surface area (Å²) in [6, 6.07) is 11.6. The lowest BCUT2D eigenvalue weighted by Crippen LogP contribution is -2.41. The van der Waals surface area contributed by atoms with Crippen molar-refractivity contribution in [1.82, 2.24) is 5.32 Å². The SMILES string of the molecule is CCc1cccc(C)c1N(CC(=O)NCCc1ccc(OC)c(OC)c1)C(C)=O. The molecule has 0 heterocycles. The third kappa shape index (κ3) is 5.73. The maximum atomic E-state index is 12.5. The summed E-state index contributed by atoms with van der Waals surface area (Å²) >= 11 is 0. The van der Waals surface area contributed by atoms with Gasteiger partial charge in [-0.1, -0.05) is 31.2 Å². The second-order valence-corrected chi connectivity index (χ2v) is 6.83. The van der Waals surface area contributed by atoms with E-state index in [1.165, 1.54) is 6.92 Å². The summed E-state index contributed by atoms with van der Waals surface area (Å²) < 4.78 is 10.5. The van der Waals surface area contributed by atoms with Crippen molar-refractivity contribution < 1.29 is 19.1 Å². The summed E-state index contributed by atoms with van der Waals surface area (Å²) in [5.74, 6) is 0.989. The van der Waals surface area contributed by atoms with Gasteiger partial charge in [-0.05, 0) is 48.6 Å². The van der Waals surface area contributed by atoms with Crippen LogP contribution < -0.4 is 19.7 Å². The largest absolute Gasteiger partial charge is 0.493 e. The molecule has 0 bridgehead atoms. The maximum Gasteiger partial charge on any atom is 0.240 e. The zero-order chi connectivity index (χ0) is 21.4. The Morgan fingerprint density at radius 2 is 1.79 bits per heavy atom. The van der Waals surface area contributed by atoms with E-state index >= 15 is 0 Å². The number of amides is 2. The molecule has 0 saturated heterocycles. The molecule has 6 nitrogen and oxygen atoms in total. The van der Waals surface area contributed by atoms with Gasteiger partial charge in [0.15, 0.2) is 11.5 Å². The van der Waals surface area contributed by atoms with Gasteiger partial charge >= 0.3 is 0 Å². The molecule has 2 rings (SSSR count). The van der Waals surface area contributed by atoms with Crippen LogP contribution in [0.4, 0.5) is 5.69 Å². The molecule has 0 unspecified atom stereocenters. The second kappa shape index (κ2) is 10.5. The van der Waals surface area contributed by atoms with Gasteiger partial charge in [0, 0.05) is 13.5 Å². The van der Waals surface area contributed by atoms with Crippen LogP contribution in [0.1, 0.15) is 30.5 Å². The Morgan fingerprint density at radius 3 is 2.41 bits per heavy atom. The number of para-hydroxylation sites is 1. The molecule has 1 N–H and O–H groups in total. The molecule has 156 valence electrons. The lowest BCUT2D eigenvalue weighted by molar-refractivity contribution is -0.123. The van der Waals surface area contributed by atoms with Crippen LogP contribution in [-0.2, 0) is 22.4 Å². The highest BCUT2D eigenvalue weighted by Crippen LogP contribution is 2.28. The average Bonchev–Trinajstić information content (AvgIpc) is 2.71. The third-order valence-corrected chi connectivity index (χ3v) is 4.84. The normalized spacial score (nSPS) is 10.4. The van der Waals surface area contributed by atoms with E-state index in [0.717, 1.165) is 28.8 Å². The molecule has 2 amide bonds. The number of carbonyl (C=O) groups excluding carboxylic acids is 2. The number of aryl methyl sites for hydroxylation is 2. The summed E-state index contributed by atoms with van der Waals surface area (Å²) in [6.45, 7) is 5.95. The lowest BCUT2D eigenvalue weighted by atomic mass is 10.0. The fourth-order valence-electron chi connectivity index (χ4n) is 3.32. The maximum absolute atomic E-state index is 12.5. The highest BCUT2D eigenvalue weighted by Gasteiger charge is 2.20. The number of anilines is 1. The van der Waals surface area contributed by atoms with Gasteiger partial charge in [0.2, 0.25) is 11.8 Å². The van der Waals surface area contributed by atoms with Crippen LogP contribution in [0.25, 0.3) is 0 Å². The molecule has 0 aliphatic rings. The Hall–Kier alpha value is -3.02. The fourth-order valence-corrected chi connectivity index (χ4v) is 3.32. The number of benzene rings is 2. The average molecular weight is 399 g/mol. The Kier molecular flexibility index (Phi) is 8.07. The van der Waals surface area contributed by atoms with E-state index in [9.17, 15) is 9.59 Å². The summed E-state index contributed by atoms with van der Waals surface area (Å²) in [4.78, 5) is 26.3. The van der Waals surface area contributed by atoms with Gasteiger partial charge < -0.3 is 19.7 Å². The summed E-state index contributed by atoms with van der Waals surface area (Å²) in [6.07, 6.45) is 1.44. The first-order valence-corrected chi connectivity index (χ1v) is 9.75. The highest BCUT2D eigenvalue weighted by atomic mass is 16.5. The monoisotopic (exact) mass is 398 g/mol. The Morgan fingerprint density at radius 1 is 1.07 bits per heavy atom. The molecular weight excluding hydrogens is 368 g/mol. The third-order valence-electron chi connectivity index (χ3n) is 4.84. The van der Waals surface area contributed by atoms with Crippen molar-refractivity contribution >= 4 is 17.5 Å². The molecule has 6 heteroatoms. The highest BCUT2D eigenvalue weighted by molar-refractivity contribution is 5.98. The first kappa shape index (κ1) is 22.3. The number of hydrogen-bond donors (Lipinski definition) is 1. The van der Waals surface area contributed by atoms with Crippen LogP contribution in [0.3, 0.4) is 0 Å². The van der Waals surface area contributed by atoms with E-state index in [4.69, 9.17) is 9.47 Å². The zero-order valence-electron chi connectivity index (χ0n) is 17.9. The van der Waals surface area contributed by atoms with E-state index in [1.807, 2.05) is 50.2 Å². The standard InChI is InChI=1S/C23H30N2O4/c1-6-19-9-7-8-16(2)23(19)25(17(3)26)15-22(27)24-13-12-18-10-11-20(28-4)21(14-18)29-5/h7-11,14H,6,12-13,15H2,1-5H3,(H,24,27). The minimum Gasteiger partial charge on any atom is -0.493 e. The van der Waals surface area contributed by atoms with Gasteiger partial charge in [-0.15, -0.1) is 0 Å². The van der Waals surface area contributed by atoms with Crippen molar-refractivity contribution in [3.05, 3.63) is 53.1 Å². The smallest absolute Gasteiger partial charge is 0.240 e. The Labute approximate surface area is 172 Å². The molecule has 0 aliphatic heterocycles. The van der Waals surface area contributed by atoms with Crippen LogP contribution in [0.5, 0.6) is 11.5 Å². The van der Waals surface area contributed by atoms with E-state index in [-0.39, 0.29) is 18.4 Å². The van der Waals surface area contributed by atoms with Gasteiger partial charge in [-0.3, -0.25) is 9.59 Å². The molecule has 0 saturated carbocycles. The summed E-state index contributed by atoms with van der Waals surface area (Å²) in [5, 5.41) is 2.90. The number of methoxy groups -OCH3 is 2. The van der Waals surface area contributed by atoms with Crippen LogP contribution in [0.2, 0.25) is 0 Å². The fraction of sp³-hybridized carbons (Fsp3) is 0.391. The number of nitrogens with zero attached hydrogens (tertiary/aromatic N) is 1. The molecule has 0 atom stereocenters. The molecule has 0 spiro atoms.